The van der Waals surface area contributed by atoms with E-state index in [-0.39, 0.29) is 6.42 Å². The van der Waals surface area contributed by atoms with Crippen LogP contribution in [0.4, 0.5) is 0 Å². The Balaban J connectivity index is 2.15. The second-order valence-electron chi connectivity index (χ2n) is 5.83. The Kier molecular flexibility index (Phi) is 4.10. The van der Waals surface area contributed by atoms with Gasteiger partial charge in [-0.15, -0.1) is 0 Å². The molecule has 0 atom stereocenters. The van der Waals surface area contributed by atoms with Crippen LogP contribution in [0.5, 0.6) is 0 Å². The molecule has 2 aromatic carbocycles. The van der Waals surface area contributed by atoms with Crippen LogP contribution in [0.3, 0.4) is 0 Å². The molecule has 0 aliphatic heterocycles. The molecule has 0 saturated heterocycles. The highest BCUT2D eigenvalue weighted by Crippen LogP contribution is 2.44. The van der Waals surface area contributed by atoms with E-state index in [1.54, 1.807) is 0 Å². The van der Waals surface area contributed by atoms with E-state index in [0.717, 1.165) is 33.4 Å². The van der Waals surface area contributed by atoms with Crippen molar-refractivity contribution in [3.05, 3.63) is 75.3 Å². The van der Waals surface area contributed by atoms with E-state index in [2.05, 4.69) is 37.3 Å². The van der Waals surface area contributed by atoms with Gasteiger partial charge in [0.25, 0.3) is 0 Å². The second kappa shape index (κ2) is 6.05. The third kappa shape index (κ3) is 3.08. The number of carboxylic acid groups (broad SMARTS) is 1. The molecule has 2 nitrogen and oxygen atoms in total. The number of hydrogen-bond donors (Lipinski definition) is 1. The Hall–Kier alpha value is -2.32. The van der Waals surface area contributed by atoms with Gasteiger partial charge in [0, 0.05) is 5.02 Å². The topological polar surface area (TPSA) is 37.3 Å². The summed E-state index contributed by atoms with van der Waals surface area (Å²) in [6, 6.07) is 14.0. The van der Waals surface area contributed by atoms with Crippen molar-refractivity contribution in [3.63, 3.8) is 0 Å². The fraction of sp³-hybridized carbons (Fsp3) is 0.150. The Morgan fingerprint density at radius 3 is 2.43 bits per heavy atom. The number of benzene rings is 2. The lowest BCUT2D eigenvalue weighted by Crippen LogP contribution is -1.96. The Morgan fingerprint density at radius 2 is 1.78 bits per heavy atom. The highest BCUT2D eigenvalue weighted by atomic mass is 35.5. The monoisotopic (exact) mass is 324 g/mol. The van der Waals surface area contributed by atoms with Crippen molar-refractivity contribution in [1.82, 2.24) is 0 Å². The van der Waals surface area contributed by atoms with Crippen LogP contribution in [0.2, 0.25) is 5.02 Å². The number of aryl methyl sites for hydroxylation is 1. The van der Waals surface area contributed by atoms with Gasteiger partial charge >= 0.3 is 5.97 Å². The minimum Gasteiger partial charge on any atom is -0.481 e. The highest BCUT2D eigenvalue weighted by molar-refractivity contribution is 6.31. The first-order chi connectivity index (χ1) is 11.0. The Morgan fingerprint density at radius 1 is 1.09 bits per heavy atom. The average Bonchev–Trinajstić information content (AvgIpc) is 2.74. The molecule has 1 aliphatic carbocycles. The van der Waals surface area contributed by atoms with Gasteiger partial charge in [-0.1, -0.05) is 47.5 Å². The number of hydrogen-bond acceptors (Lipinski definition) is 1. The van der Waals surface area contributed by atoms with Crippen LogP contribution >= 0.6 is 11.6 Å². The maximum Gasteiger partial charge on any atom is 0.307 e. The molecule has 23 heavy (non-hydrogen) atoms. The molecule has 0 bridgehead atoms. The molecule has 1 N–H and O–H groups in total. The predicted molar refractivity (Wildman–Crippen MR) is 95.3 cm³/mol. The molecule has 2 aromatic rings. The lowest BCUT2D eigenvalue weighted by molar-refractivity contribution is -0.135. The first-order valence-electron chi connectivity index (χ1n) is 7.46. The third-order valence-electron chi connectivity index (χ3n) is 4.17. The maximum absolute atomic E-state index is 11.2. The molecular formula is C20H17ClO2. The van der Waals surface area contributed by atoms with Crippen molar-refractivity contribution in [2.24, 2.45) is 0 Å². The molecule has 116 valence electrons. The first-order valence-corrected chi connectivity index (χ1v) is 7.84. The third-order valence-corrected chi connectivity index (χ3v) is 4.41. The SMILES string of the molecule is CC1=C(CC(=O)O)c2cc(Cl)ccc2/C1=C\c1ccc(C)cc1. The number of allylic oxidation sites excluding steroid dienone is 2. The first kappa shape index (κ1) is 15.6. The zero-order valence-electron chi connectivity index (χ0n) is 13.1. The molecule has 0 amide bonds. The van der Waals surface area contributed by atoms with Gasteiger partial charge in [-0.25, -0.2) is 0 Å². The van der Waals surface area contributed by atoms with Crippen molar-refractivity contribution in [1.29, 1.82) is 0 Å². The van der Waals surface area contributed by atoms with Gasteiger partial charge in [-0.05, 0) is 65.5 Å². The number of aliphatic carboxylic acids is 1. The highest BCUT2D eigenvalue weighted by Gasteiger charge is 2.25. The fourth-order valence-corrected chi connectivity index (χ4v) is 3.13. The van der Waals surface area contributed by atoms with E-state index in [4.69, 9.17) is 11.6 Å². The van der Waals surface area contributed by atoms with E-state index in [9.17, 15) is 9.90 Å². The van der Waals surface area contributed by atoms with Crippen molar-refractivity contribution in [3.8, 4) is 0 Å². The van der Waals surface area contributed by atoms with Crippen molar-refractivity contribution >= 4 is 34.8 Å². The molecule has 0 aromatic heterocycles. The molecule has 0 spiro atoms. The normalized spacial score (nSPS) is 15.2. The lowest BCUT2D eigenvalue weighted by atomic mass is 10.0. The second-order valence-corrected chi connectivity index (χ2v) is 6.27. The number of halogens is 1. The van der Waals surface area contributed by atoms with Gasteiger partial charge in [-0.3, -0.25) is 4.79 Å². The zero-order valence-corrected chi connectivity index (χ0v) is 13.8. The van der Waals surface area contributed by atoms with Crippen LogP contribution in [0, 0.1) is 6.92 Å². The summed E-state index contributed by atoms with van der Waals surface area (Å²) in [6.07, 6.45) is 2.11. The molecule has 0 radical (unpaired) electrons. The van der Waals surface area contributed by atoms with Crippen LogP contribution in [0.25, 0.3) is 17.2 Å². The quantitative estimate of drug-likeness (QED) is 0.815. The summed E-state index contributed by atoms with van der Waals surface area (Å²) < 4.78 is 0. The van der Waals surface area contributed by atoms with Gasteiger partial charge in [0.2, 0.25) is 0 Å². The largest absolute Gasteiger partial charge is 0.481 e. The van der Waals surface area contributed by atoms with Crippen LogP contribution in [0.1, 0.15) is 35.6 Å². The summed E-state index contributed by atoms with van der Waals surface area (Å²) in [7, 11) is 0. The van der Waals surface area contributed by atoms with Crippen LogP contribution in [0.15, 0.2) is 48.0 Å². The molecule has 0 heterocycles. The number of carbonyl (C=O) groups is 1. The van der Waals surface area contributed by atoms with Crippen LogP contribution < -0.4 is 0 Å². The minimum absolute atomic E-state index is 0.00438. The predicted octanol–water partition coefficient (Wildman–Crippen LogP) is 5.45. The van der Waals surface area contributed by atoms with Crippen molar-refractivity contribution < 1.29 is 9.90 Å². The molecule has 1 aliphatic rings. The smallest absolute Gasteiger partial charge is 0.307 e. The van der Waals surface area contributed by atoms with E-state index < -0.39 is 5.97 Å². The summed E-state index contributed by atoms with van der Waals surface area (Å²) >= 11 is 6.11. The number of carboxylic acids is 1. The van der Waals surface area contributed by atoms with E-state index in [1.807, 2.05) is 25.1 Å². The minimum atomic E-state index is -0.832. The Bertz CT molecular complexity index is 842. The maximum atomic E-state index is 11.2. The summed E-state index contributed by atoms with van der Waals surface area (Å²) in [6.45, 7) is 4.03. The van der Waals surface area contributed by atoms with Gasteiger partial charge < -0.3 is 5.11 Å². The van der Waals surface area contributed by atoms with E-state index in [1.165, 1.54) is 5.56 Å². The van der Waals surface area contributed by atoms with Gasteiger partial charge in [0.1, 0.15) is 0 Å². The average molecular weight is 325 g/mol. The van der Waals surface area contributed by atoms with Crippen LogP contribution in [-0.2, 0) is 4.79 Å². The molecule has 0 unspecified atom stereocenters. The standard InChI is InChI=1S/C20H17ClO2/c1-12-3-5-14(6-4-12)9-17-13(2)18(11-20(22)23)19-10-15(21)7-8-16(17)19/h3-10H,11H2,1-2H3,(H,22,23)/b17-9-. The molecule has 0 fully saturated rings. The summed E-state index contributed by atoms with van der Waals surface area (Å²) in [5.74, 6) is -0.832. The van der Waals surface area contributed by atoms with Gasteiger partial charge in [0.05, 0.1) is 6.42 Å². The lowest BCUT2D eigenvalue weighted by Gasteiger charge is -2.05. The molecule has 3 heteroatoms. The van der Waals surface area contributed by atoms with E-state index >= 15 is 0 Å². The van der Waals surface area contributed by atoms with Crippen LogP contribution in [-0.4, -0.2) is 11.1 Å². The summed E-state index contributed by atoms with van der Waals surface area (Å²) in [4.78, 5) is 11.2. The fourth-order valence-electron chi connectivity index (χ4n) is 2.96. The molecule has 3 rings (SSSR count). The molecular weight excluding hydrogens is 308 g/mol. The van der Waals surface area contributed by atoms with Gasteiger partial charge in [-0.2, -0.15) is 0 Å². The summed E-state index contributed by atoms with van der Waals surface area (Å²) in [5.41, 5.74) is 7.20. The zero-order chi connectivity index (χ0) is 16.6. The van der Waals surface area contributed by atoms with E-state index in [0.29, 0.717) is 5.02 Å². The molecule has 0 saturated carbocycles. The van der Waals surface area contributed by atoms with Crippen molar-refractivity contribution in [2.45, 2.75) is 20.3 Å². The number of fused-ring (bicyclic) bond motifs is 1. The van der Waals surface area contributed by atoms with Crippen molar-refractivity contribution in [2.75, 3.05) is 0 Å². The summed E-state index contributed by atoms with van der Waals surface area (Å²) in [5, 5.41) is 9.83. The Labute approximate surface area is 140 Å². The number of rotatable bonds is 3. The van der Waals surface area contributed by atoms with Gasteiger partial charge in [0.15, 0.2) is 0 Å².